The summed E-state index contributed by atoms with van der Waals surface area (Å²) in [4.78, 5) is 33.0. The topological polar surface area (TPSA) is 72.6 Å². The molecule has 0 bridgehead atoms. The highest BCUT2D eigenvalue weighted by molar-refractivity contribution is 6.10. The number of hydrogen-bond donors (Lipinski definition) is 0. The first-order valence-electron chi connectivity index (χ1n) is 10.2. The molecule has 0 fully saturated rings. The highest BCUT2D eigenvalue weighted by atomic mass is 19.1. The second-order valence-corrected chi connectivity index (χ2v) is 7.53. The van der Waals surface area contributed by atoms with Crippen molar-refractivity contribution < 1.29 is 18.3 Å². The summed E-state index contributed by atoms with van der Waals surface area (Å²) < 4.78 is 25.4. The van der Waals surface area contributed by atoms with E-state index in [2.05, 4.69) is 4.98 Å². The summed E-state index contributed by atoms with van der Waals surface area (Å²) in [6, 6.07) is 15.4. The zero-order valence-electron chi connectivity index (χ0n) is 17.5. The Morgan fingerprint density at radius 3 is 2.69 bits per heavy atom. The maximum Gasteiger partial charge on any atom is 0.296 e. The van der Waals surface area contributed by atoms with Gasteiger partial charge < -0.3 is 9.15 Å². The van der Waals surface area contributed by atoms with Crippen LogP contribution in [-0.2, 0) is 0 Å². The van der Waals surface area contributed by atoms with E-state index in [-0.39, 0.29) is 22.3 Å². The first-order valence-corrected chi connectivity index (χ1v) is 10.2. The van der Waals surface area contributed by atoms with Gasteiger partial charge in [0.2, 0.25) is 5.76 Å². The van der Waals surface area contributed by atoms with Crippen molar-refractivity contribution >= 4 is 22.7 Å². The number of hydrogen-bond acceptors (Lipinski definition) is 5. The van der Waals surface area contributed by atoms with Gasteiger partial charge in [0.1, 0.15) is 23.0 Å². The Hall–Kier alpha value is -4.00. The van der Waals surface area contributed by atoms with E-state index in [0.29, 0.717) is 23.7 Å². The van der Waals surface area contributed by atoms with Gasteiger partial charge in [-0.2, -0.15) is 0 Å². The molecule has 32 heavy (non-hydrogen) atoms. The average molecular weight is 430 g/mol. The highest BCUT2D eigenvalue weighted by Gasteiger charge is 2.44. The molecule has 1 aliphatic heterocycles. The van der Waals surface area contributed by atoms with Crippen molar-refractivity contribution in [3.8, 4) is 5.75 Å². The van der Waals surface area contributed by atoms with Crippen molar-refractivity contribution in [2.45, 2.75) is 19.9 Å². The van der Waals surface area contributed by atoms with Crippen molar-refractivity contribution in [2.75, 3.05) is 11.5 Å². The fourth-order valence-electron chi connectivity index (χ4n) is 4.10. The van der Waals surface area contributed by atoms with E-state index in [0.717, 1.165) is 11.8 Å². The van der Waals surface area contributed by atoms with E-state index in [4.69, 9.17) is 9.15 Å². The average Bonchev–Trinajstić information content (AvgIpc) is 3.07. The van der Waals surface area contributed by atoms with Crippen LogP contribution in [0.4, 0.5) is 10.2 Å². The second kappa shape index (κ2) is 7.60. The number of nitrogens with zero attached hydrogens (tertiary/aromatic N) is 2. The maximum atomic E-state index is 13.9. The standard InChI is InChI=1S/C25H19FN2O4/c1-3-31-17-8-5-7-15(12-17)22-21-23(29)18-13-16(26)10-11-19(18)32-24(21)25(30)28(22)20-9-4-6-14(2)27-20/h4-13,22H,3H2,1-2H3. The van der Waals surface area contributed by atoms with Crippen LogP contribution in [0.3, 0.4) is 0 Å². The Bertz CT molecular complexity index is 1430. The lowest BCUT2D eigenvalue weighted by atomic mass is 9.98. The number of pyridine rings is 1. The summed E-state index contributed by atoms with van der Waals surface area (Å²) in [7, 11) is 0. The number of carbonyl (C=O) groups is 1. The van der Waals surface area contributed by atoms with Crippen LogP contribution in [0.2, 0.25) is 0 Å². The number of fused-ring (bicyclic) bond motifs is 2. The Labute approximate surface area is 182 Å². The van der Waals surface area contributed by atoms with Crippen LogP contribution in [0.25, 0.3) is 11.0 Å². The molecule has 0 saturated heterocycles. The number of aromatic nitrogens is 1. The van der Waals surface area contributed by atoms with Crippen molar-refractivity contribution in [3.63, 3.8) is 0 Å². The van der Waals surface area contributed by atoms with Crippen LogP contribution in [0.15, 0.2) is 69.9 Å². The third-order valence-electron chi connectivity index (χ3n) is 5.44. The van der Waals surface area contributed by atoms with Gasteiger partial charge in [-0.25, -0.2) is 9.37 Å². The number of ether oxygens (including phenoxy) is 1. The Kier molecular flexibility index (Phi) is 4.74. The largest absolute Gasteiger partial charge is 0.494 e. The maximum absolute atomic E-state index is 13.9. The van der Waals surface area contributed by atoms with Crippen LogP contribution in [0, 0.1) is 12.7 Å². The first-order chi connectivity index (χ1) is 15.5. The molecule has 1 amide bonds. The third kappa shape index (κ3) is 3.13. The lowest BCUT2D eigenvalue weighted by molar-refractivity contribution is 0.0970. The van der Waals surface area contributed by atoms with Gasteiger partial charge in [0.25, 0.3) is 5.91 Å². The molecule has 1 unspecified atom stereocenters. The minimum atomic E-state index is -0.795. The summed E-state index contributed by atoms with van der Waals surface area (Å²) in [6.07, 6.45) is 0. The predicted molar refractivity (Wildman–Crippen MR) is 118 cm³/mol. The number of benzene rings is 2. The molecule has 7 heteroatoms. The minimum Gasteiger partial charge on any atom is -0.494 e. The molecule has 3 heterocycles. The molecule has 4 aromatic rings. The fraction of sp³-hybridized carbons (Fsp3) is 0.160. The van der Waals surface area contributed by atoms with E-state index < -0.39 is 23.2 Å². The molecule has 0 N–H and O–H groups in total. The number of anilines is 1. The molecule has 0 spiro atoms. The van der Waals surface area contributed by atoms with Crippen LogP contribution < -0.4 is 15.1 Å². The Morgan fingerprint density at radius 2 is 1.91 bits per heavy atom. The quantitative estimate of drug-likeness (QED) is 0.466. The van der Waals surface area contributed by atoms with Gasteiger partial charge in [-0.3, -0.25) is 14.5 Å². The minimum absolute atomic E-state index is 0.0655. The molecule has 1 atom stereocenters. The van der Waals surface area contributed by atoms with Gasteiger partial charge in [-0.05, 0) is 61.9 Å². The van der Waals surface area contributed by atoms with Gasteiger partial charge in [0.15, 0.2) is 5.43 Å². The summed E-state index contributed by atoms with van der Waals surface area (Å²) in [5.74, 6) is -0.0965. The van der Waals surface area contributed by atoms with Crippen molar-refractivity contribution in [1.29, 1.82) is 0 Å². The Balaban J connectivity index is 1.80. The van der Waals surface area contributed by atoms with E-state index in [1.54, 1.807) is 30.3 Å². The van der Waals surface area contributed by atoms with Crippen molar-refractivity contribution in [3.05, 3.63) is 99.3 Å². The fourth-order valence-corrected chi connectivity index (χ4v) is 4.10. The second-order valence-electron chi connectivity index (χ2n) is 7.53. The van der Waals surface area contributed by atoms with Crippen molar-refractivity contribution in [1.82, 2.24) is 4.98 Å². The number of aryl methyl sites for hydroxylation is 1. The molecule has 160 valence electrons. The van der Waals surface area contributed by atoms with Crippen LogP contribution in [0.5, 0.6) is 5.75 Å². The lowest BCUT2D eigenvalue weighted by Crippen LogP contribution is -2.30. The predicted octanol–water partition coefficient (Wildman–Crippen LogP) is 4.78. The van der Waals surface area contributed by atoms with Gasteiger partial charge in [0, 0.05) is 5.69 Å². The number of halogens is 1. The SMILES string of the molecule is CCOc1cccc(C2c3c(oc4ccc(F)cc4c3=O)C(=O)N2c2cccc(C)n2)c1. The molecule has 2 aromatic carbocycles. The van der Waals surface area contributed by atoms with E-state index in [1.807, 2.05) is 26.0 Å². The molecule has 2 aromatic heterocycles. The highest BCUT2D eigenvalue weighted by Crippen LogP contribution is 2.41. The van der Waals surface area contributed by atoms with E-state index >= 15 is 0 Å². The Morgan fingerprint density at radius 1 is 1.09 bits per heavy atom. The molecular weight excluding hydrogens is 411 g/mol. The van der Waals surface area contributed by atoms with Gasteiger partial charge >= 0.3 is 0 Å². The van der Waals surface area contributed by atoms with Crippen LogP contribution >= 0.6 is 0 Å². The van der Waals surface area contributed by atoms with Gasteiger partial charge in [-0.15, -0.1) is 0 Å². The van der Waals surface area contributed by atoms with Crippen molar-refractivity contribution in [2.24, 2.45) is 0 Å². The first kappa shape index (κ1) is 19.9. The summed E-state index contributed by atoms with van der Waals surface area (Å²) in [5, 5.41) is 0.0848. The molecular formula is C25H19FN2O4. The lowest BCUT2D eigenvalue weighted by Gasteiger charge is -2.24. The van der Waals surface area contributed by atoms with Gasteiger partial charge in [-0.1, -0.05) is 18.2 Å². The van der Waals surface area contributed by atoms with Gasteiger partial charge in [0.05, 0.1) is 23.6 Å². The van der Waals surface area contributed by atoms with Crippen LogP contribution in [0.1, 0.15) is 40.3 Å². The third-order valence-corrected chi connectivity index (χ3v) is 5.44. The summed E-state index contributed by atoms with van der Waals surface area (Å²) in [5.41, 5.74) is 1.25. The number of rotatable bonds is 4. The summed E-state index contributed by atoms with van der Waals surface area (Å²) >= 11 is 0. The molecule has 6 nitrogen and oxygen atoms in total. The molecule has 0 aliphatic carbocycles. The normalized spacial score (nSPS) is 15.3. The van der Waals surface area contributed by atoms with Crippen LogP contribution in [-0.4, -0.2) is 17.5 Å². The molecule has 5 rings (SSSR count). The monoisotopic (exact) mass is 430 g/mol. The zero-order valence-corrected chi connectivity index (χ0v) is 17.5. The zero-order chi connectivity index (χ0) is 22.4. The molecule has 0 radical (unpaired) electrons. The number of amides is 1. The van der Waals surface area contributed by atoms with E-state index in [1.165, 1.54) is 17.0 Å². The smallest absolute Gasteiger partial charge is 0.296 e. The number of carbonyl (C=O) groups excluding carboxylic acids is 1. The molecule has 1 aliphatic rings. The van der Waals surface area contributed by atoms with E-state index in [9.17, 15) is 14.0 Å². The summed E-state index contributed by atoms with van der Waals surface area (Å²) in [6.45, 7) is 4.17. The molecule has 0 saturated carbocycles.